The molecule has 1 amide bonds. The van der Waals surface area contributed by atoms with Crippen molar-refractivity contribution in [3.05, 3.63) is 36.3 Å². The fourth-order valence-corrected chi connectivity index (χ4v) is 3.09. The summed E-state index contributed by atoms with van der Waals surface area (Å²) in [5, 5.41) is 14.2. The molecule has 1 atom stereocenters. The Kier molecular flexibility index (Phi) is 5.45. The van der Waals surface area contributed by atoms with Gasteiger partial charge in [-0.15, -0.1) is 0 Å². The molecule has 0 spiro atoms. The topological polar surface area (TPSA) is 74.5 Å². The number of piperazine rings is 1. The van der Waals surface area contributed by atoms with Crippen molar-refractivity contribution in [2.75, 3.05) is 32.7 Å². The average molecular weight is 343 g/mol. The third-order valence-corrected chi connectivity index (χ3v) is 4.59. The number of aliphatic hydroxyl groups is 1. The molecule has 1 saturated heterocycles. The molecule has 0 aliphatic carbocycles. The van der Waals surface area contributed by atoms with E-state index < -0.39 is 0 Å². The van der Waals surface area contributed by atoms with E-state index in [0.717, 1.165) is 25.1 Å². The number of pyridine rings is 1. The summed E-state index contributed by atoms with van der Waals surface area (Å²) in [6.45, 7) is 5.54. The second kappa shape index (κ2) is 7.76. The number of aryl methyl sites for hydroxylation is 1. The molecular weight excluding hydrogens is 318 g/mol. The molecule has 0 radical (unpaired) electrons. The Hall–Kier alpha value is -2.25. The molecule has 2 aromatic heterocycles. The highest BCUT2D eigenvalue weighted by atomic mass is 16.3. The summed E-state index contributed by atoms with van der Waals surface area (Å²) in [7, 11) is 1.82. The van der Waals surface area contributed by atoms with Gasteiger partial charge in [0.1, 0.15) is 5.69 Å². The normalized spacial score (nSPS) is 16.8. The fourth-order valence-electron chi connectivity index (χ4n) is 3.09. The summed E-state index contributed by atoms with van der Waals surface area (Å²) >= 11 is 0. The molecule has 0 bridgehead atoms. The van der Waals surface area contributed by atoms with Gasteiger partial charge in [-0.25, -0.2) is 0 Å². The van der Waals surface area contributed by atoms with Crippen molar-refractivity contribution in [2.24, 2.45) is 7.05 Å². The van der Waals surface area contributed by atoms with Gasteiger partial charge in [0, 0.05) is 63.9 Å². The van der Waals surface area contributed by atoms with E-state index in [1.54, 1.807) is 23.3 Å². The number of carbonyl (C=O) groups is 1. The van der Waals surface area contributed by atoms with E-state index in [1.165, 1.54) is 0 Å². The Bertz CT molecular complexity index is 708. The molecule has 7 nitrogen and oxygen atoms in total. The average Bonchev–Trinajstić information content (AvgIpc) is 3.04. The molecule has 25 heavy (non-hydrogen) atoms. The Balaban J connectivity index is 1.71. The van der Waals surface area contributed by atoms with Crippen LogP contribution in [0, 0.1) is 0 Å². The van der Waals surface area contributed by atoms with Crippen LogP contribution in [0.4, 0.5) is 0 Å². The molecular formula is C18H25N5O2. The number of aromatic nitrogens is 3. The lowest BCUT2D eigenvalue weighted by atomic mass is 10.1. The molecule has 1 aliphatic rings. The van der Waals surface area contributed by atoms with Crippen LogP contribution in [0.15, 0.2) is 30.7 Å². The molecule has 3 heterocycles. The van der Waals surface area contributed by atoms with Crippen molar-refractivity contribution in [1.29, 1.82) is 0 Å². The Morgan fingerprint density at radius 1 is 1.32 bits per heavy atom. The standard InChI is InChI=1S/C18H25N5O2/c1-3-15(24)12-22-7-9-23(10-8-22)18(25)16-13-21(2)20-17(16)14-5-4-6-19-11-14/h4-6,11,13,15,24H,3,7-10,12H2,1-2H3/t15-/m0/s1. The summed E-state index contributed by atoms with van der Waals surface area (Å²) in [5.74, 6) is 0.00245. The monoisotopic (exact) mass is 343 g/mol. The van der Waals surface area contributed by atoms with E-state index in [0.29, 0.717) is 30.9 Å². The number of carbonyl (C=O) groups excluding carboxylic acids is 1. The highest BCUT2D eigenvalue weighted by molar-refractivity contribution is 5.99. The summed E-state index contributed by atoms with van der Waals surface area (Å²) in [6.07, 6.45) is 5.67. The Morgan fingerprint density at radius 3 is 2.72 bits per heavy atom. The Labute approximate surface area is 147 Å². The van der Waals surface area contributed by atoms with E-state index in [2.05, 4.69) is 15.0 Å². The maximum absolute atomic E-state index is 13.0. The zero-order chi connectivity index (χ0) is 17.8. The maximum atomic E-state index is 13.0. The van der Waals surface area contributed by atoms with Gasteiger partial charge in [0.25, 0.3) is 5.91 Å². The van der Waals surface area contributed by atoms with Crippen molar-refractivity contribution < 1.29 is 9.90 Å². The molecule has 3 rings (SSSR count). The third kappa shape index (κ3) is 4.05. The van der Waals surface area contributed by atoms with Crippen LogP contribution in [-0.4, -0.2) is 74.4 Å². The molecule has 2 aromatic rings. The Morgan fingerprint density at radius 2 is 2.08 bits per heavy atom. The first-order valence-corrected chi connectivity index (χ1v) is 8.72. The highest BCUT2D eigenvalue weighted by Gasteiger charge is 2.26. The minimum absolute atomic E-state index is 0.00245. The summed E-state index contributed by atoms with van der Waals surface area (Å²) in [6, 6.07) is 3.76. The first kappa shape index (κ1) is 17.6. The molecule has 7 heteroatoms. The number of nitrogens with zero attached hydrogens (tertiary/aromatic N) is 5. The van der Waals surface area contributed by atoms with Crippen molar-refractivity contribution in [3.8, 4) is 11.3 Å². The zero-order valence-electron chi connectivity index (χ0n) is 14.8. The lowest BCUT2D eigenvalue weighted by Gasteiger charge is -2.35. The van der Waals surface area contributed by atoms with Gasteiger partial charge >= 0.3 is 0 Å². The molecule has 0 aromatic carbocycles. The quantitative estimate of drug-likeness (QED) is 0.877. The van der Waals surface area contributed by atoms with Crippen molar-refractivity contribution >= 4 is 5.91 Å². The SMILES string of the molecule is CC[C@H](O)CN1CCN(C(=O)c2cn(C)nc2-c2cccnc2)CC1. The van der Waals surface area contributed by atoms with Crippen LogP contribution in [0.5, 0.6) is 0 Å². The first-order chi connectivity index (χ1) is 12.1. The van der Waals surface area contributed by atoms with Crippen LogP contribution < -0.4 is 0 Å². The lowest BCUT2D eigenvalue weighted by Crippen LogP contribution is -2.50. The van der Waals surface area contributed by atoms with E-state index in [-0.39, 0.29) is 12.0 Å². The molecule has 1 aliphatic heterocycles. The molecule has 1 fully saturated rings. The van der Waals surface area contributed by atoms with E-state index in [1.807, 2.05) is 31.0 Å². The zero-order valence-corrected chi connectivity index (χ0v) is 14.8. The second-order valence-electron chi connectivity index (χ2n) is 6.46. The van der Waals surface area contributed by atoms with Crippen LogP contribution in [0.1, 0.15) is 23.7 Å². The minimum Gasteiger partial charge on any atom is -0.392 e. The number of amides is 1. The van der Waals surface area contributed by atoms with Gasteiger partial charge < -0.3 is 10.0 Å². The largest absolute Gasteiger partial charge is 0.392 e. The molecule has 0 saturated carbocycles. The van der Waals surface area contributed by atoms with E-state index in [9.17, 15) is 9.90 Å². The number of rotatable bonds is 5. The highest BCUT2D eigenvalue weighted by Crippen LogP contribution is 2.22. The van der Waals surface area contributed by atoms with Crippen LogP contribution >= 0.6 is 0 Å². The fraction of sp³-hybridized carbons (Fsp3) is 0.500. The van der Waals surface area contributed by atoms with Gasteiger partial charge in [-0.3, -0.25) is 19.4 Å². The lowest BCUT2D eigenvalue weighted by molar-refractivity contribution is 0.0524. The smallest absolute Gasteiger partial charge is 0.257 e. The van der Waals surface area contributed by atoms with Crippen LogP contribution in [0.25, 0.3) is 11.3 Å². The third-order valence-electron chi connectivity index (χ3n) is 4.59. The number of β-amino-alcohol motifs (C(OH)–C–C–N with tert-alkyl or cyclic N) is 1. The van der Waals surface area contributed by atoms with Crippen LogP contribution in [-0.2, 0) is 7.05 Å². The number of hydrogen-bond acceptors (Lipinski definition) is 5. The van der Waals surface area contributed by atoms with Crippen LogP contribution in [0.2, 0.25) is 0 Å². The summed E-state index contributed by atoms with van der Waals surface area (Å²) in [4.78, 5) is 21.2. The van der Waals surface area contributed by atoms with E-state index in [4.69, 9.17) is 0 Å². The number of hydrogen-bond donors (Lipinski definition) is 1. The van der Waals surface area contributed by atoms with Gasteiger partial charge in [0.15, 0.2) is 0 Å². The summed E-state index contributed by atoms with van der Waals surface area (Å²) in [5.41, 5.74) is 2.12. The van der Waals surface area contributed by atoms with Gasteiger partial charge in [-0.1, -0.05) is 6.92 Å². The van der Waals surface area contributed by atoms with Gasteiger partial charge in [0.05, 0.1) is 11.7 Å². The predicted octanol–water partition coefficient (Wildman–Crippen LogP) is 1.01. The van der Waals surface area contributed by atoms with Crippen molar-refractivity contribution in [1.82, 2.24) is 24.6 Å². The predicted molar refractivity (Wildman–Crippen MR) is 95.1 cm³/mol. The van der Waals surface area contributed by atoms with E-state index >= 15 is 0 Å². The van der Waals surface area contributed by atoms with Gasteiger partial charge in [-0.05, 0) is 18.6 Å². The molecule has 1 N–H and O–H groups in total. The summed E-state index contributed by atoms with van der Waals surface area (Å²) < 4.78 is 1.67. The number of aliphatic hydroxyl groups excluding tert-OH is 1. The molecule has 134 valence electrons. The minimum atomic E-state index is -0.294. The second-order valence-corrected chi connectivity index (χ2v) is 6.46. The van der Waals surface area contributed by atoms with Crippen molar-refractivity contribution in [2.45, 2.75) is 19.4 Å². The van der Waals surface area contributed by atoms with Crippen molar-refractivity contribution in [3.63, 3.8) is 0 Å². The van der Waals surface area contributed by atoms with Gasteiger partial charge in [0.2, 0.25) is 0 Å². The van der Waals surface area contributed by atoms with Gasteiger partial charge in [-0.2, -0.15) is 5.10 Å². The maximum Gasteiger partial charge on any atom is 0.257 e. The molecule has 0 unspecified atom stereocenters. The van der Waals surface area contributed by atoms with Crippen LogP contribution in [0.3, 0.4) is 0 Å². The first-order valence-electron chi connectivity index (χ1n) is 8.72.